The molecule has 0 saturated heterocycles. The van der Waals surface area contributed by atoms with Gasteiger partial charge in [-0.25, -0.2) is 4.79 Å². The first-order chi connectivity index (χ1) is 10.0. The van der Waals surface area contributed by atoms with Crippen molar-refractivity contribution in [2.75, 3.05) is 5.73 Å². The van der Waals surface area contributed by atoms with Crippen LogP contribution in [0.3, 0.4) is 0 Å². The summed E-state index contributed by atoms with van der Waals surface area (Å²) in [6.07, 6.45) is 3.49. The van der Waals surface area contributed by atoms with Crippen LogP contribution in [-0.4, -0.2) is 28.3 Å². The van der Waals surface area contributed by atoms with E-state index in [4.69, 9.17) is 16.4 Å². The van der Waals surface area contributed by atoms with E-state index in [-0.39, 0.29) is 17.9 Å². The van der Waals surface area contributed by atoms with Gasteiger partial charge < -0.3 is 16.2 Å². The fraction of sp³-hybridized carbons (Fsp3) is 0.538. The van der Waals surface area contributed by atoms with Gasteiger partial charge in [-0.05, 0) is 41.8 Å². The third kappa shape index (κ3) is 3.35. The molecule has 8 heteroatoms. The largest absolute Gasteiger partial charge is 0.465 e. The summed E-state index contributed by atoms with van der Waals surface area (Å²) < 4.78 is 0. The highest BCUT2D eigenvalue weighted by molar-refractivity contribution is 5.65. The van der Waals surface area contributed by atoms with Crippen molar-refractivity contribution < 1.29 is 9.90 Å². The van der Waals surface area contributed by atoms with Crippen molar-refractivity contribution in [1.82, 2.24) is 10.3 Å². The molecule has 112 valence electrons. The second kappa shape index (κ2) is 6.32. The molecule has 1 aliphatic carbocycles. The van der Waals surface area contributed by atoms with E-state index in [0.717, 1.165) is 12.0 Å². The Balaban J connectivity index is 2.26. The molecule has 1 amide bonds. The molecule has 1 fully saturated rings. The summed E-state index contributed by atoms with van der Waals surface area (Å²) in [6, 6.07) is 1.06. The van der Waals surface area contributed by atoms with E-state index in [2.05, 4.69) is 20.3 Å². The number of nitrogens with zero attached hydrogens (tertiary/aromatic N) is 4. The standard InChI is InChI=1S/C13H18N6O2/c1-7-4-8(9-2-3-16-6-10(9)14)5-11(17-13(20)21)12(7)18-19-15/h2-3,6-8,11-12,17H,4-5,14H2,1H3,(H,20,21)/t7?,8?,11-,12?/m0/s1. The molecule has 21 heavy (non-hydrogen) atoms. The number of anilines is 1. The number of carbonyl (C=O) groups is 1. The average Bonchev–Trinajstić information content (AvgIpc) is 2.42. The Morgan fingerprint density at radius 3 is 3.00 bits per heavy atom. The Morgan fingerprint density at radius 1 is 1.62 bits per heavy atom. The Morgan fingerprint density at radius 2 is 2.38 bits per heavy atom. The second-order valence-corrected chi connectivity index (χ2v) is 5.40. The van der Waals surface area contributed by atoms with Gasteiger partial charge in [-0.15, -0.1) is 0 Å². The summed E-state index contributed by atoms with van der Waals surface area (Å²) in [5, 5.41) is 15.2. The normalized spacial score (nSPS) is 28.4. The maximum atomic E-state index is 11.0. The van der Waals surface area contributed by atoms with Crippen molar-refractivity contribution in [2.24, 2.45) is 11.0 Å². The minimum absolute atomic E-state index is 0.0593. The number of hydrogen-bond acceptors (Lipinski definition) is 4. The molecular weight excluding hydrogens is 272 g/mol. The molecule has 1 aromatic heterocycles. The van der Waals surface area contributed by atoms with Gasteiger partial charge in [-0.3, -0.25) is 4.98 Å². The Labute approximate surface area is 122 Å². The summed E-state index contributed by atoms with van der Waals surface area (Å²) in [5.41, 5.74) is 16.2. The van der Waals surface area contributed by atoms with Crippen LogP contribution in [0.1, 0.15) is 31.2 Å². The van der Waals surface area contributed by atoms with Crippen LogP contribution in [-0.2, 0) is 0 Å². The number of azide groups is 1. The maximum absolute atomic E-state index is 11.0. The number of nitrogens with two attached hydrogens (primary N) is 1. The number of nitrogens with one attached hydrogen (secondary N) is 1. The molecule has 1 aromatic rings. The molecule has 0 bridgehead atoms. The van der Waals surface area contributed by atoms with Crippen LogP contribution in [0.4, 0.5) is 10.5 Å². The second-order valence-electron chi connectivity index (χ2n) is 5.40. The van der Waals surface area contributed by atoms with Gasteiger partial charge in [0.1, 0.15) is 0 Å². The highest BCUT2D eigenvalue weighted by Gasteiger charge is 2.37. The quantitative estimate of drug-likeness (QED) is 0.447. The molecule has 4 N–H and O–H groups in total. The Kier molecular flexibility index (Phi) is 4.49. The molecule has 1 aliphatic rings. The third-order valence-electron chi connectivity index (χ3n) is 4.01. The fourth-order valence-corrected chi connectivity index (χ4v) is 3.13. The van der Waals surface area contributed by atoms with Gasteiger partial charge in [0.15, 0.2) is 0 Å². The van der Waals surface area contributed by atoms with Crippen LogP contribution < -0.4 is 11.1 Å². The van der Waals surface area contributed by atoms with Crippen LogP contribution in [0, 0.1) is 5.92 Å². The van der Waals surface area contributed by atoms with Crippen molar-refractivity contribution in [2.45, 2.75) is 37.8 Å². The lowest BCUT2D eigenvalue weighted by Gasteiger charge is -2.38. The molecule has 3 unspecified atom stereocenters. The summed E-state index contributed by atoms with van der Waals surface area (Å²) >= 11 is 0. The number of aromatic nitrogens is 1. The summed E-state index contributed by atoms with van der Waals surface area (Å²) in [5.74, 6) is 0.175. The van der Waals surface area contributed by atoms with Crippen LogP contribution in [0.25, 0.3) is 10.4 Å². The Hall–Kier alpha value is -2.47. The summed E-state index contributed by atoms with van der Waals surface area (Å²) in [4.78, 5) is 17.8. The molecule has 1 heterocycles. The lowest BCUT2D eigenvalue weighted by molar-refractivity contribution is 0.172. The zero-order valence-corrected chi connectivity index (χ0v) is 11.7. The van der Waals surface area contributed by atoms with Crippen LogP contribution in [0.2, 0.25) is 0 Å². The summed E-state index contributed by atoms with van der Waals surface area (Å²) in [7, 11) is 0. The van der Waals surface area contributed by atoms with Gasteiger partial charge in [-0.1, -0.05) is 12.0 Å². The molecule has 1 saturated carbocycles. The molecule has 0 radical (unpaired) electrons. The monoisotopic (exact) mass is 290 g/mol. The van der Waals surface area contributed by atoms with Gasteiger partial charge >= 0.3 is 6.09 Å². The first kappa shape index (κ1) is 14.9. The van der Waals surface area contributed by atoms with E-state index in [1.807, 2.05) is 13.0 Å². The van der Waals surface area contributed by atoms with Crippen molar-refractivity contribution >= 4 is 11.8 Å². The van der Waals surface area contributed by atoms with Crippen molar-refractivity contribution in [1.29, 1.82) is 0 Å². The predicted octanol–water partition coefficient (Wildman–Crippen LogP) is 2.49. The number of hydrogen-bond donors (Lipinski definition) is 3. The highest BCUT2D eigenvalue weighted by atomic mass is 16.4. The third-order valence-corrected chi connectivity index (χ3v) is 4.01. The van der Waals surface area contributed by atoms with Gasteiger partial charge in [0.25, 0.3) is 0 Å². The van der Waals surface area contributed by atoms with Crippen LogP contribution in [0.15, 0.2) is 23.6 Å². The first-order valence-corrected chi connectivity index (χ1v) is 6.76. The Bertz CT molecular complexity index is 572. The smallest absolute Gasteiger partial charge is 0.404 e. The molecule has 0 aliphatic heterocycles. The van der Waals surface area contributed by atoms with Crippen molar-refractivity contribution in [3.05, 3.63) is 34.5 Å². The van der Waals surface area contributed by atoms with Crippen LogP contribution >= 0.6 is 0 Å². The topological polar surface area (TPSA) is 137 Å². The van der Waals surface area contributed by atoms with Crippen molar-refractivity contribution in [3.8, 4) is 0 Å². The summed E-state index contributed by atoms with van der Waals surface area (Å²) in [6.45, 7) is 1.96. The lowest BCUT2D eigenvalue weighted by atomic mass is 9.73. The first-order valence-electron chi connectivity index (χ1n) is 6.76. The number of carboxylic acid groups (broad SMARTS) is 1. The number of pyridine rings is 1. The molecular formula is C13H18N6O2. The van der Waals surface area contributed by atoms with Crippen LogP contribution in [0.5, 0.6) is 0 Å². The van der Waals surface area contributed by atoms with E-state index in [0.29, 0.717) is 12.1 Å². The highest BCUT2D eigenvalue weighted by Crippen LogP contribution is 2.39. The van der Waals surface area contributed by atoms with E-state index in [1.54, 1.807) is 12.4 Å². The predicted molar refractivity (Wildman–Crippen MR) is 77.7 cm³/mol. The van der Waals surface area contributed by atoms with Gasteiger partial charge in [0, 0.05) is 17.2 Å². The van der Waals surface area contributed by atoms with Gasteiger partial charge in [-0.2, -0.15) is 0 Å². The minimum atomic E-state index is -1.12. The maximum Gasteiger partial charge on any atom is 0.404 e. The zero-order valence-electron chi connectivity index (χ0n) is 11.7. The molecule has 2 rings (SSSR count). The van der Waals surface area contributed by atoms with Gasteiger partial charge in [0.05, 0.1) is 17.9 Å². The fourth-order valence-electron chi connectivity index (χ4n) is 3.13. The zero-order chi connectivity index (χ0) is 15.4. The number of amides is 1. The van der Waals surface area contributed by atoms with E-state index in [9.17, 15) is 4.79 Å². The van der Waals surface area contributed by atoms with E-state index in [1.165, 1.54) is 0 Å². The molecule has 4 atom stereocenters. The SMILES string of the molecule is CC1CC(c2ccncc2N)C[C@H](NC(=O)O)C1N=[N+]=[N-]. The number of rotatable bonds is 3. The minimum Gasteiger partial charge on any atom is -0.465 e. The molecule has 0 aromatic carbocycles. The average molecular weight is 290 g/mol. The molecule has 8 nitrogen and oxygen atoms in total. The lowest BCUT2D eigenvalue weighted by Crippen LogP contribution is -2.48. The van der Waals surface area contributed by atoms with Crippen molar-refractivity contribution in [3.63, 3.8) is 0 Å². The number of nitrogen functional groups attached to an aromatic ring is 1. The van der Waals surface area contributed by atoms with E-state index >= 15 is 0 Å². The molecule has 0 spiro atoms. The van der Waals surface area contributed by atoms with Gasteiger partial charge in [0.2, 0.25) is 0 Å². The van der Waals surface area contributed by atoms with E-state index < -0.39 is 12.1 Å².